The van der Waals surface area contributed by atoms with Gasteiger partial charge in [-0.2, -0.15) is 0 Å². The number of hydrogen-bond acceptors (Lipinski definition) is 3. The second-order valence-corrected chi connectivity index (χ2v) is 5.22. The van der Waals surface area contributed by atoms with Gasteiger partial charge in [-0.15, -0.1) is 0 Å². The van der Waals surface area contributed by atoms with Gasteiger partial charge in [0.1, 0.15) is 11.4 Å². The molecule has 5 heteroatoms. The Bertz CT molecular complexity index is 484. The van der Waals surface area contributed by atoms with Crippen LogP contribution in [0.5, 0.6) is 0 Å². The van der Waals surface area contributed by atoms with Gasteiger partial charge < -0.3 is 10.1 Å². The predicted molar refractivity (Wildman–Crippen MR) is 69.7 cm³/mol. The molecule has 2 saturated heterocycles. The van der Waals surface area contributed by atoms with E-state index in [1.54, 1.807) is 12.1 Å². The lowest BCUT2D eigenvalue weighted by molar-refractivity contribution is 0.0470. The van der Waals surface area contributed by atoms with Crippen LogP contribution in [0.3, 0.4) is 0 Å². The molecule has 1 aromatic carbocycles. The van der Waals surface area contributed by atoms with E-state index in [1.807, 2.05) is 0 Å². The smallest absolute Gasteiger partial charge is 0.415 e. The lowest BCUT2D eigenvalue weighted by Crippen LogP contribution is -2.35. The van der Waals surface area contributed by atoms with E-state index >= 15 is 0 Å². The maximum absolute atomic E-state index is 13.3. The standard InChI is InChI=1S/C14H17FN2O2/c15-11-3-1-4-12(9-11)17-10-14(19-13(17)18)5-2-7-16-8-6-14/h1,3-4,9,16H,2,5-8,10H2/t14-/m1/s1. The van der Waals surface area contributed by atoms with Crippen molar-refractivity contribution in [1.29, 1.82) is 0 Å². The summed E-state index contributed by atoms with van der Waals surface area (Å²) in [7, 11) is 0. The minimum Gasteiger partial charge on any atom is -0.441 e. The van der Waals surface area contributed by atoms with E-state index in [-0.39, 0.29) is 11.9 Å². The molecule has 102 valence electrons. The van der Waals surface area contributed by atoms with Crippen LogP contribution in [0.4, 0.5) is 14.9 Å². The summed E-state index contributed by atoms with van der Waals surface area (Å²) in [6, 6.07) is 6.08. The highest BCUT2D eigenvalue weighted by Crippen LogP contribution is 2.34. The van der Waals surface area contributed by atoms with Crippen LogP contribution in [-0.2, 0) is 4.74 Å². The quantitative estimate of drug-likeness (QED) is 0.846. The molecule has 19 heavy (non-hydrogen) atoms. The minimum atomic E-state index is -0.410. The van der Waals surface area contributed by atoms with Gasteiger partial charge in [-0.1, -0.05) is 6.07 Å². The van der Waals surface area contributed by atoms with Crippen molar-refractivity contribution >= 4 is 11.8 Å². The van der Waals surface area contributed by atoms with Crippen LogP contribution in [0.15, 0.2) is 24.3 Å². The van der Waals surface area contributed by atoms with Gasteiger partial charge in [-0.05, 0) is 44.1 Å². The molecule has 2 aliphatic rings. The van der Waals surface area contributed by atoms with E-state index in [2.05, 4.69) is 5.32 Å². The Hall–Kier alpha value is -1.62. The van der Waals surface area contributed by atoms with Gasteiger partial charge in [0.15, 0.2) is 0 Å². The Morgan fingerprint density at radius 2 is 2.21 bits per heavy atom. The van der Waals surface area contributed by atoms with E-state index in [1.165, 1.54) is 17.0 Å². The summed E-state index contributed by atoms with van der Waals surface area (Å²) in [5.74, 6) is -0.339. The van der Waals surface area contributed by atoms with E-state index in [0.29, 0.717) is 12.2 Å². The van der Waals surface area contributed by atoms with Gasteiger partial charge >= 0.3 is 6.09 Å². The van der Waals surface area contributed by atoms with E-state index in [0.717, 1.165) is 32.4 Å². The molecule has 0 bridgehead atoms. The second-order valence-electron chi connectivity index (χ2n) is 5.22. The van der Waals surface area contributed by atoms with Gasteiger partial charge in [0, 0.05) is 6.42 Å². The zero-order valence-electron chi connectivity index (χ0n) is 10.7. The van der Waals surface area contributed by atoms with Crippen molar-refractivity contribution in [2.75, 3.05) is 24.5 Å². The molecule has 3 rings (SSSR count). The maximum atomic E-state index is 13.3. The summed E-state index contributed by atoms with van der Waals surface area (Å²) >= 11 is 0. The Balaban J connectivity index is 1.83. The van der Waals surface area contributed by atoms with Crippen LogP contribution in [0.2, 0.25) is 0 Å². The van der Waals surface area contributed by atoms with Gasteiger partial charge in [-0.25, -0.2) is 9.18 Å². The molecular formula is C14H17FN2O2. The number of nitrogens with one attached hydrogen (secondary N) is 1. The number of hydrogen-bond donors (Lipinski definition) is 1. The first kappa shape index (κ1) is 12.4. The highest BCUT2D eigenvalue weighted by molar-refractivity contribution is 5.90. The van der Waals surface area contributed by atoms with Crippen LogP contribution in [0.1, 0.15) is 19.3 Å². The summed E-state index contributed by atoms with van der Waals surface area (Å²) in [6.45, 7) is 2.32. The fraction of sp³-hybridized carbons (Fsp3) is 0.500. The third-order valence-electron chi connectivity index (χ3n) is 3.83. The molecular weight excluding hydrogens is 247 g/mol. The van der Waals surface area contributed by atoms with Crippen molar-refractivity contribution in [3.8, 4) is 0 Å². The largest absolute Gasteiger partial charge is 0.441 e. The number of nitrogens with zero attached hydrogens (tertiary/aromatic N) is 1. The topological polar surface area (TPSA) is 41.6 Å². The fourth-order valence-corrected chi connectivity index (χ4v) is 2.83. The van der Waals surface area contributed by atoms with Crippen molar-refractivity contribution in [1.82, 2.24) is 5.32 Å². The Labute approximate surface area is 111 Å². The van der Waals surface area contributed by atoms with Crippen molar-refractivity contribution in [2.45, 2.75) is 24.9 Å². The molecule has 0 radical (unpaired) electrons. The Kier molecular flexibility index (Phi) is 3.14. The predicted octanol–water partition coefficient (Wildman–Crippen LogP) is 2.29. The van der Waals surface area contributed by atoms with Gasteiger partial charge in [0.25, 0.3) is 0 Å². The van der Waals surface area contributed by atoms with Crippen LogP contribution in [-0.4, -0.2) is 31.3 Å². The van der Waals surface area contributed by atoms with Crippen LogP contribution in [0.25, 0.3) is 0 Å². The zero-order valence-corrected chi connectivity index (χ0v) is 10.7. The van der Waals surface area contributed by atoms with Crippen molar-refractivity contribution in [3.05, 3.63) is 30.1 Å². The number of amides is 1. The zero-order chi connectivity index (χ0) is 13.3. The first-order chi connectivity index (χ1) is 9.19. The van der Waals surface area contributed by atoms with Gasteiger partial charge in [0.05, 0.1) is 12.2 Å². The van der Waals surface area contributed by atoms with Crippen LogP contribution < -0.4 is 10.2 Å². The van der Waals surface area contributed by atoms with Gasteiger partial charge in [-0.3, -0.25) is 4.90 Å². The first-order valence-electron chi connectivity index (χ1n) is 6.65. The first-order valence-corrected chi connectivity index (χ1v) is 6.65. The number of rotatable bonds is 1. The highest BCUT2D eigenvalue weighted by Gasteiger charge is 2.45. The number of carbonyl (C=O) groups is 1. The van der Waals surface area contributed by atoms with Gasteiger partial charge in [0.2, 0.25) is 0 Å². The fourth-order valence-electron chi connectivity index (χ4n) is 2.83. The number of benzene rings is 1. The highest BCUT2D eigenvalue weighted by atomic mass is 19.1. The minimum absolute atomic E-state index is 0.339. The molecule has 0 aliphatic carbocycles. The molecule has 0 saturated carbocycles. The number of carbonyl (C=O) groups excluding carboxylic acids is 1. The Morgan fingerprint density at radius 1 is 1.32 bits per heavy atom. The van der Waals surface area contributed by atoms with Crippen molar-refractivity contribution < 1.29 is 13.9 Å². The molecule has 1 N–H and O–H groups in total. The molecule has 2 aliphatic heterocycles. The summed E-state index contributed by atoms with van der Waals surface area (Å²) in [4.78, 5) is 13.6. The molecule has 2 heterocycles. The Morgan fingerprint density at radius 3 is 3.05 bits per heavy atom. The third kappa shape index (κ3) is 2.42. The van der Waals surface area contributed by atoms with Crippen molar-refractivity contribution in [3.63, 3.8) is 0 Å². The molecule has 2 fully saturated rings. The molecule has 1 spiro atoms. The lowest BCUT2D eigenvalue weighted by atomic mass is 9.95. The molecule has 4 nitrogen and oxygen atoms in total. The van der Waals surface area contributed by atoms with Crippen molar-refractivity contribution in [2.24, 2.45) is 0 Å². The summed E-state index contributed by atoms with van der Waals surface area (Å²) < 4.78 is 18.9. The molecule has 1 aromatic rings. The number of halogens is 1. The SMILES string of the molecule is O=C1O[C@@]2(CCCNCC2)CN1c1cccc(F)c1. The summed E-state index contributed by atoms with van der Waals surface area (Å²) in [5, 5.41) is 3.31. The summed E-state index contributed by atoms with van der Waals surface area (Å²) in [5.41, 5.74) is 0.159. The monoisotopic (exact) mass is 264 g/mol. The molecule has 0 unspecified atom stereocenters. The van der Waals surface area contributed by atoms with Crippen LogP contribution >= 0.6 is 0 Å². The number of ether oxygens (including phenoxy) is 1. The van der Waals surface area contributed by atoms with Crippen LogP contribution in [0, 0.1) is 5.82 Å². The van der Waals surface area contributed by atoms with E-state index in [4.69, 9.17) is 4.74 Å². The summed E-state index contributed by atoms with van der Waals surface area (Å²) in [6.07, 6.45) is 2.29. The van der Waals surface area contributed by atoms with E-state index in [9.17, 15) is 9.18 Å². The molecule has 0 aromatic heterocycles. The lowest BCUT2D eigenvalue weighted by Gasteiger charge is -2.24. The normalized spacial score (nSPS) is 27.4. The third-order valence-corrected chi connectivity index (χ3v) is 3.83. The molecule has 1 atom stereocenters. The molecule has 1 amide bonds. The average Bonchev–Trinajstić information content (AvgIpc) is 2.57. The maximum Gasteiger partial charge on any atom is 0.415 e. The second kappa shape index (κ2) is 4.81. The average molecular weight is 264 g/mol. The van der Waals surface area contributed by atoms with E-state index < -0.39 is 5.60 Å². The number of anilines is 1.